The van der Waals surface area contributed by atoms with Crippen molar-refractivity contribution in [2.75, 3.05) is 14.2 Å². The molecule has 0 fully saturated rings. The van der Waals surface area contributed by atoms with E-state index in [1.54, 1.807) is 20.3 Å². The Balaban J connectivity index is 2.63. The number of carbonyl (C=O) groups excluding carboxylic acids is 1. The van der Waals surface area contributed by atoms with E-state index in [0.717, 1.165) is 5.56 Å². The highest BCUT2D eigenvalue weighted by molar-refractivity contribution is 5.83. The monoisotopic (exact) mass is 323 g/mol. The highest BCUT2D eigenvalue weighted by atomic mass is 16.5. The molecule has 1 rings (SSSR count). The fourth-order valence-electron chi connectivity index (χ4n) is 2.22. The number of ether oxygens (including phenoxy) is 2. The van der Waals surface area contributed by atoms with Gasteiger partial charge in [0, 0.05) is 6.42 Å². The molecule has 0 spiro atoms. The Hall–Kier alpha value is -2.24. The third-order valence-electron chi connectivity index (χ3n) is 3.88. The van der Waals surface area contributed by atoms with Crippen LogP contribution in [0.4, 0.5) is 0 Å². The Morgan fingerprint density at radius 2 is 1.87 bits per heavy atom. The van der Waals surface area contributed by atoms with Gasteiger partial charge in [0.1, 0.15) is 6.04 Å². The molecular weight excluding hydrogens is 298 g/mol. The molecule has 0 heterocycles. The molecule has 23 heavy (non-hydrogen) atoms. The summed E-state index contributed by atoms with van der Waals surface area (Å²) in [5.41, 5.74) is 0.924. The van der Waals surface area contributed by atoms with Gasteiger partial charge in [0.05, 0.1) is 14.2 Å². The van der Waals surface area contributed by atoms with Gasteiger partial charge in [0.25, 0.3) is 0 Å². The molecule has 0 saturated carbocycles. The van der Waals surface area contributed by atoms with Crippen molar-refractivity contribution in [2.24, 2.45) is 5.92 Å². The molecule has 2 atom stereocenters. The summed E-state index contributed by atoms with van der Waals surface area (Å²) in [4.78, 5) is 23.2. The molecule has 0 aromatic heterocycles. The molecule has 0 unspecified atom stereocenters. The van der Waals surface area contributed by atoms with E-state index in [2.05, 4.69) is 5.32 Å². The maximum Gasteiger partial charge on any atom is 0.326 e. The molecule has 6 nitrogen and oxygen atoms in total. The largest absolute Gasteiger partial charge is 0.493 e. The molecule has 0 aliphatic carbocycles. The molecular formula is C17H25NO5. The van der Waals surface area contributed by atoms with Crippen LogP contribution in [0.3, 0.4) is 0 Å². The first kappa shape index (κ1) is 18.8. The van der Waals surface area contributed by atoms with Crippen molar-refractivity contribution in [1.29, 1.82) is 0 Å². The van der Waals surface area contributed by atoms with E-state index in [1.165, 1.54) is 0 Å². The SMILES string of the molecule is CC[C@H](C)[C@H](NC(=O)CCc1ccc(OC)c(OC)c1)C(=O)O. The minimum atomic E-state index is -1.00. The van der Waals surface area contributed by atoms with Crippen LogP contribution in [-0.2, 0) is 16.0 Å². The van der Waals surface area contributed by atoms with E-state index in [4.69, 9.17) is 9.47 Å². The number of nitrogens with one attached hydrogen (secondary N) is 1. The van der Waals surface area contributed by atoms with Gasteiger partial charge >= 0.3 is 5.97 Å². The summed E-state index contributed by atoms with van der Waals surface area (Å²) >= 11 is 0. The van der Waals surface area contributed by atoms with Crippen molar-refractivity contribution in [3.63, 3.8) is 0 Å². The Bertz CT molecular complexity index is 544. The van der Waals surface area contributed by atoms with Gasteiger partial charge in [-0.05, 0) is 30.0 Å². The molecule has 1 aromatic carbocycles. The van der Waals surface area contributed by atoms with Crippen LogP contribution in [0.25, 0.3) is 0 Å². The number of amides is 1. The van der Waals surface area contributed by atoms with Crippen molar-refractivity contribution in [2.45, 2.75) is 39.2 Å². The van der Waals surface area contributed by atoms with E-state index in [1.807, 2.05) is 26.0 Å². The van der Waals surface area contributed by atoms with Crippen molar-refractivity contribution < 1.29 is 24.2 Å². The van der Waals surface area contributed by atoms with E-state index in [-0.39, 0.29) is 18.2 Å². The number of hydrogen-bond acceptors (Lipinski definition) is 4. The van der Waals surface area contributed by atoms with Crippen LogP contribution in [0.5, 0.6) is 11.5 Å². The smallest absolute Gasteiger partial charge is 0.326 e. The zero-order valence-corrected chi connectivity index (χ0v) is 14.1. The quantitative estimate of drug-likeness (QED) is 0.728. The van der Waals surface area contributed by atoms with Crippen LogP contribution in [0, 0.1) is 5.92 Å². The van der Waals surface area contributed by atoms with Gasteiger partial charge in [0.2, 0.25) is 5.91 Å². The second-order valence-corrected chi connectivity index (χ2v) is 5.46. The van der Waals surface area contributed by atoms with Crippen LogP contribution >= 0.6 is 0 Å². The summed E-state index contributed by atoms with van der Waals surface area (Å²) in [6.45, 7) is 3.71. The molecule has 0 aliphatic rings. The molecule has 128 valence electrons. The lowest BCUT2D eigenvalue weighted by molar-refractivity contribution is -0.143. The maximum absolute atomic E-state index is 12.0. The number of carboxylic acids is 1. The van der Waals surface area contributed by atoms with Gasteiger partial charge in [-0.2, -0.15) is 0 Å². The van der Waals surface area contributed by atoms with Crippen LogP contribution in [0.15, 0.2) is 18.2 Å². The number of rotatable bonds is 9. The minimum absolute atomic E-state index is 0.113. The number of methoxy groups -OCH3 is 2. The minimum Gasteiger partial charge on any atom is -0.493 e. The summed E-state index contributed by atoms with van der Waals surface area (Å²) in [7, 11) is 3.11. The van der Waals surface area contributed by atoms with Crippen molar-refractivity contribution in [3.8, 4) is 11.5 Å². The van der Waals surface area contributed by atoms with Gasteiger partial charge in [-0.25, -0.2) is 4.79 Å². The van der Waals surface area contributed by atoms with Crippen molar-refractivity contribution in [3.05, 3.63) is 23.8 Å². The zero-order valence-electron chi connectivity index (χ0n) is 14.1. The standard InChI is InChI=1S/C17H25NO5/c1-5-11(2)16(17(20)21)18-15(19)9-7-12-6-8-13(22-3)14(10-12)23-4/h6,8,10-11,16H,5,7,9H2,1-4H3,(H,18,19)(H,20,21)/t11-,16-/m0/s1. The second kappa shape index (κ2) is 9.02. The molecule has 0 bridgehead atoms. The highest BCUT2D eigenvalue weighted by Crippen LogP contribution is 2.27. The van der Waals surface area contributed by atoms with Gasteiger partial charge < -0.3 is 19.9 Å². The average Bonchev–Trinajstić information content (AvgIpc) is 2.56. The van der Waals surface area contributed by atoms with E-state index in [9.17, 15) is 14.7 Å². The van der Waals surface area contributed by atoms with E-state index < -0.39 is 12.0 Å². The first-order chi connectivity index (χ1) is 10.9. The molecule has 0 radical (unpaired) electrons. The molecule has 1 amide bonds. The van der Waals surface area contributed by atoms with Gasteiger partial charge in [-0.15, -0.1) is 0 Å². The van der Waals surface area contributed by atoms with Gasteiger partial charge in [-0.1, -0.05) is 26.3 Å². The normalized spacial score (nSPS) is 13.0. The predicted octanol–water partition coefficient (Wildman–Crippen LogP) is 2.25. The molecule has 2 N–H and O–H groups in total. The van der Waals surface area contributed by atoms with E-state index in [0.29, 0.717) is 24.3 Å². The lowest BCUT2D eigenvalue weighted by Crippen LogP contribution is -2.45. The topological polar surface area (TPSA) is 84.9 Å². The third kappa shape index (κ3) is 5.47. The van der Waals surface area contributed by atoms with Crippen molar-refractivity contribution in [1.82, 2.24) is 5.32 Å². The Morgan fingerprint density at radius 3 is 2.39 bits per heavy atom. The first-order valence-electron chi connectivity index (χ1n) is 7.66. The third-order valence-corrected chi connectivity index (χ3v) is 3.88. The Kier molecular flexibility index (Phi) is 7.38. The zero-order chi connectivity index (χ0) is 17.4. The first-order valence-corrected chi connectivity index (χ1v) is 7.66. The second-order valence-electron chi connectivity index (χ2n) is 5.46. The summed E-state index contributed by atoms with van der Waals surface area (Å²) < 4.78 is 10.4. The van der Waals surface area contributed by atoms with E-state index >= 15 is 0 Å². The van der Waals surface area contributed by atoms with Crippen molar-refractivity contribution >= 4 is 11.9 Å². The lowest BCUT2D eigenvalue weighted by Gasteiger charge is -2.20. The summed E-state index contributed by atoms with van der Waals surface area (Å²) in [6, 6.07) is 4.61. The number of hydrogen-bond donors (Lipinski definition) is 2. The molecule has 1 aromatic rings. The maximum atomic E-state index is 12.0. The fourth-order valence-corrected chi connectivity index (χ4v) is 2.22. The van der Waals surface area contributed by atoms with Gasteiger partial charge in [-0.3, -0.25) is 4.79 Å². The number of carbonyl (C=O) groups is 2. The molecule has 6 heteroatoms. The van der Waals surface area contributed by atoms with Crippen LogP contribution < -0.4 is 14.8 Å². The van der Waals surface area contributed by atoms with Crippen LogP contribution in [-0.4, -0.2) is 37.2 Å². The number of aryl methyl sites for hydroxylation is 1. The molecule has 0 saturated heterocycles. The molecule has 0 aliphatic heterocycles. The lowest BCUT2D eigenvalue weighted by atomic mass is 9.99. The van der Waals surface area contributed by atoms with Crippen LogP contribution in [0.1, 0.15) is 32.3 Å². The summed E-state index contributed by atoms with van der Waals surface area (Å²) in [6.07, 6.45) is 1.40. The number of carboxylic acid groups (broad SMARTS) is 1. The number of benzene rings is 1. The summed E-state index contributed by atoms with van der Waals surface area (Å²) in [5, 5.41) is 11.8. The van der Waals surface area contributed by atoms with Crippen LogP contribution in [0.2, 0.25) is 0 Å². The fraction of sp³-hybridized carbons (Fsp3) is 0.529. The number of aliphatic carboxylic acids is 1. The summed E-state index contributed by atoms with van der Waals surface area (Å²) in [5.74, 6) is -0.152. The Morgan fingerprint density at radius 1 is 1.22 bits per heavy atom. The van der Waals surface area contributed by atoms with Gasteiger partial charge in [0.15, 0.2) is 11.5 Å². The predicted molar refractivity (Wildman–Crippen MR) is 86.9 cm³/mol. The highest BCUT2D eigenvalue weighted by Gasteiger charge is 2.24. The average molecular weight is 323 g/mol. The Labute approximate surface area is 136 Å².